The lowest BCUT2D eigenvalue weighted by Gasteiger charge is -2.18. The Hall–Kier alpha value is -2.84. The first-order valence-electron chi connectivity index (χ1n) is 19.1. The van der Waals surface area contributed by atoms with Crippen LogP contribution in [-0.2, 0) is 30.7 Å². The summed E-state index contributed by atoms with van der Waals surface area (Å²) in [6.45, 7) is 2.85. The van der Waals surface area contributed by atoms with Crippen molar-refractivity contribution in [1.29, 1.82) is 0 Å². The third kappa shape index (κ3) is 21.3. The summed E-state index contributed by atoms with van der Waals surface area (Å²) in [5.41, 5.74) is 36.8. The van der Waals surface area contributed by atoms with Crippen LogP contribution < -0.4 is 65.1 Å². The van der Waals surface area contributed by atoms with Crippen LogP contribution in [0.1, 0.15) is 88.2 Å². The van der Waals surface area contributed by atoms with Crippen LogP contribution in [0.15, 0.2) is 12.1 Å². The molecule has 0 saturated heterocycles. The van der Waals surface area contributed by atoms with Gasteiger partial charge in [0.2, 0.25) is 23.6 Å². The molecule has 0 aliphatic carbocycles. The normalized spacial score (nSPS) is 13.3. The largest absolute Gasteiger partial charge is 0.488 e. The Morgan fingerprint density at radius 2 is 0.796 bits per heavy atom. The molecule has 1 aromatic carbocycles. The number of benzene rings is 1. The zero-order valence-corrected chi connectivity index (χ0v) is 33.6. The van der Waals surface area contributed by atoms with Gasteiger partial charge >= 0.3 is 0 Å². The first kappa shape index (κ1) is 49.2. The number of nitrogens with one attached hydrogen (secondary N) is 4. The third-order valence-electron chi connectivity index (χ3n) is 8.69. The van der Waals surface area contributed by atoms with Crippen molar-refractivity contribution in [2.45, 2.75) is 113 Å². The number of thiol groups is 2. The molecule has 310 valence electrons. The van der Waals surface area contributed by atoms with E-state index in [9.17, 15) is 19.2 Å². The van der Waals surface area contributed by atoms with Crippen molar-refractivity contribution in [1.82, 2.24) is 21.3 Å². The summed E-state index contributed by atoms with van der Waals surface area (Å²) < 4.78 is 12.0. The minimum Gasteiger partial charge on any atom is -0.488 e. The predicted molar refractivity (Wildman–Crippen MR) is 220 cm³/mol. The van der Waals surface area contributed by atoms with Crippen molar-refractivity contribution in [3.05, 3.63) is 23.3 Å². The number of amides is 4. The molecule has 0 unspecified atom stereocenters. The second kappa shape index (κ2) is 30.4. The van der Waals surface area contributed by atoms with E-state index in [-0.39, 0.29) is 49.9 Å². The van der Waals surface area contributed by atoms with Crippen LogP contribution in [0.3, 0.4) is 0 Å². The molecule has 1 aromatic rings. The number of unbranched alkanes of at least 4 members (excludes halogenated alkanes) is 4. The number of hydrogen-bond acceptors (Lipinski definition) is 14. The average molecular weight is 801 g/mol. The highest BCUT2D eigenvalue weighted by Crippen LogP contribution is 2.32. The minimum atomic E-state index is -0.694. The summed E-state index contributed by atoms with van der Waals surface area (Å²) in [7, 11) is 0. The average Bonchev–Trinajstić information content (AvgIpc) is 3.17. The van der Waals surface area contributed by atoms with E-state index in [0.29, 0.717) is 101 Å². The van der Waals surface area contributed by atoms with Crippen molar-refractivity contribution in [3.63, 3.8) is 0 Å². The van der Waals surface area contributed by atoms with Gasteiger partial charge < -0.3 is 65.1 Å². The predicted octanol–water partition coefficient (Wildman–Crippen LogP) is -0.324. The maximum Gasteiger partial charge on any atom is 0.237 e. The molecule has 18 heteroatoms. The summed E-state index contributed by atoms with van der Waals surface area (Å²) in [5, 5.41) is 11.2. The van der Waals surface area contributed by atoms with Gasteiger partial charge in [-0.3, -0.25) is 19.2 Å². The number of rotatable bonds is 32. The molecule has 0 aliphatic rings. The van der Waals surface area contributed by atoms with Crippen molar-refractivity contribution in [2.75, 3.05) is 52.5 Å². The van der Waals surface area contributed by atoms with E-state index in [4.69, 9.17) is 43.9 Å². The maximum atomic E-state index is 12.5. The van der Waals surface area contributed by atoms with Crippen LogP contribution in [-0.4, -0.2) is 100 Å². The van der Waals surface area contributed by atoms with Crippen molar-refractivity contribution >= 4 is 48.9 Å². The number of carbonyl (C=O) groups excluding carboxylic acids is 4. The van der Waals surface area contributed by atoms with E-state index in [1.54, 1.807) is 0 Å². The van der Waals surface area contributed by atoms with Crippen LogP contribution in [0.4, 0.5) is 0 Å². The number of carbonyl (C=O) groups is 4. The molecule has 0 fully saturated rings. The van der Waals surface area contributed by atoms with E-state index in [0.717, 1.165) is 36.8 Å². The zero-order valence-electron chi connectivity index (χ0n) is 31.8. The van der Waals surface area contributed by atoms with Gasteiger partial charge in [-0.25, -0.2) is 0 Å². The lowest BCUT2D eigenvalue weighted by Crippen LogP contribution is -2.42. The van der Waals surface area contributed by atoms with E-state index in [1.807, 2.05) is 12.1 Å². The fourth-order valence-corrected chi connectivity index (χ4v) is 5.89. The fraction of sp³-hybridized carbons (Fsp3) is 0.722. The minimum absolute atomic E-state index is 0.162. The monoisotopic (exact) mass is 800 g/mol. The molecular weight excluding hydrogens is 733 g/mol. The maximum absolute atomic E-state index is 12.5. The Balaban J connectivity index is 2.42. The van der Waals surface area contributed by atoms with Gasteiger partial charge in [-0.2, -0.15) is 25.3 Å². The molecule has 0 spiro atoms. The number of nitrogens with two attached hydrogens (primary N) is 6. The van der Waals surface area contributed by atoms with Crippen LogP contribution in [0, 0.1) is 0 Å². The highest BCUT2D eigenvalue weighted by atomic mass is 32.1. The summed E-state index contributed by atoms with van der Waals surface area (Å²) in [6, 6.07) is 1.19. The molecule has 1 rings (SSSR count). The Bertz CT molecular complexity index is 1140. The van der Waals surface area contributed by atoms with Gasteiger partial charge in [-0.1, -0.05) is 12.8 Å². The Kier molecular flexibility index (Phi) is 27.7. The molecular formula is C36H68N10O6S2. The van der Waals surface area contributed by atoms with Gasteiger partial charge in [0.05, 0.1) is 37.3 Å². The molecule has 0 radical (unpaired) electrons. The molecule has 4 amide bonds. The summed E-state index contributed by atoms with van der Waals surface area (Å²) in [6.07, 6.45) is 8.11. The second-order valence-electron chi connectivity index (χ2n) is 13.2. The standard InChI is InChI=1S/C36H68N10O6S2/c37-13-5-1-9-27(39)33(47)43-15-7-3-11-29(41)35(49)45-17-19-51-31-21-25(23-53)26(24-54)22-32(31)52-20-18-46-36(50)30(42)12-4-8-16-44-34(48)28(40)10-2-6-14-38/h21-22,27-30,53-54H,1-20,23-24,37-42H2,(H,43,47)(H,44,48)(H,45,49)(H,46,50)/t27-,28-,29-,30-/m0/s1. The lowest BCUT2D eigenvalue weighted by atomic mass is 10.1. The first-order valence-corrected chi connectivity index (χ1v) is 20.4. The van der Waals surface area contributed by atoms with Gasteiger partial charge in [-0.05, 0) is 101 Å². The first-order chi connectivity index (χ1) is 26.0. The zero-order chi connectivity index (χ0) is 40.1. The van der Waals surface area contributed by atoms with Crippen molar-refractivity contribution in [2.24, 2.45) is 34.4 Å². The smallest absolute Gasteiger partial charge is 0.237 e. The molecule has 54 heavy (non-hydrogen) atoms. The Labute approximate surface area is 332 Å². The molecule has 0 aromatic heterocycles. The molecule has 4 atom stereocenters. The number of ether oxygens (including phenoxy) is 2. The Morgan fingerprint density at radius 3 is 1.09 bits per heavy atom. The van der Waals surface area contributed by atoms with Gasteiger partial charge in [0.1, 0.15) is 13.2 Å². The van der Waals surface area contributed by atoms with Crippen molar-refractivity contribution < 1.29 is 28.7 Å². The summed E-state index contributed by atoms with van der Waals surface area (Å²) in [4.78, 5) is 49.2. The second-order valence-corrected chi connectivity index (χ2v) is 13.9. The van der Waals surface area contributed by atoms with Crippen molar-refractivity contribution in [3.8, 4) is 11.5 Å². The topological polar surface area (TPSA) is 291 Å². The van der Waals surface area contributed by atoms with Crippen LogP contribution in [0.5, 0.6) is 11.5 Å². The van der Waals surface area contributed by atoms with E-state index in [2.05, 4.69) is 46.5 Å². The van der Waals surface area contributed by atoms with Gasteiger partial charge in [0, 0.05) is 24.6 Å². The van der Waals surface area contributed by atoms with E-state index >= 15 is 0 Å². The summed E-state index contributed by atoms with van der Waals surface area (Å²) in [5.74, 6) is 0.910. The molecule has 0 aliphatic heterocycles. The highest BCUT2D eigenvalue weighted by Gasteiger charge is 2.17. The number of hydrogen-bond donors (Lipinski definition) is 12. The quantitative estimate of drug-likeness (QED) is 0.0330. The lowest BCUT2D eigenvalue weighted by molar-refractivity contribution is -0.123. The summed E-state index contributed by atoms with van der Waals surface area (Å²) >= 11 is 8.85. The molecule has 0 saturated carbocycles. The highest BCUT2D eigenvalue weighted by molar-refractivity contribution is 7.79. The van der Waals surface area contributed by atoms with Gasteiger partial charge in [0.15, 0.2) is 11.5 Å². The van der Waals surface area contributed by atoms with E-state index in [1.165, 1.54) is 0 Å². The molecule has 0 heterocycles. The fourth-order valence-electron chi connectivity index (χ4n) is 5.30. The third-order valence-corrected chi connectivity index (χ3v) is 9.37. The van der Waals surface area contributed by atoms with Crippen LogP contribution in [0.2, 0.25) is 0 Å². The van der Waals surface area contributed by atoms with Gasteiger partial charge in [0.25, 0.3) is 0 Å². The molecule has 16 N–H and O–H groups in total. The van der Waals surface area contributed by atoms with Crippen LogP contribution >= 0.6 is 25.3 Å². The van der Waals surface area contributed by atoms with Gasteiger partial charge in [-0.15, -0.1) is 0 Å². The van der Waals surface area contributed by atoms with Crippen LogP contribution in [0.25, 0.3) is 0 Å². The molecule has 0 bridgehead atoms. The molecule has 16 nitrogen and oxygen atoms in total. The van der Waals surface area contributed by atoms with E-state index < -0.39 is 24.2 Å². The SMILES string of the molecule is NCCCC[C@H](N)C(=O)NCCCC[C@H](N)C(=O)NCCOc1cc(CS)c(CS)cc1OCCNC(=O)[C@@H](N)CCCCNC(=O)[C@@H](N)CCCCN. The Morgan fingerprint density at radius 1 is 0.500 bits per heavy atom.